The molecule has 4 nitrogen and oxygen atoms in total. The number of aryl methyl sites for hydroxylation is 1. The third-order valence-corrected chi connectivity index (χ3v) is 4.61. The van der Waals surface area contributed by atoms with Crippen molar-refractivity contribution < 1.29 is 14.3 Å². The summed E-state index contributed by atoms with van der Waals surface area (Å²) in [7, 11) is 0. The first kappa shape index (κ1) is 17.6. The third-order valence-electron chi connectivity index (χ3n) is 4.61. The van der Waals surface area contributed by atoms with E-state index in [2.05, 4.69) is 22.3 Å². The van der Waals surface area contributed by atoms with E-state index in [4.69, 9.17) is 0 Å². The zero-order valence-electron chi connectivity index (χ0n) is 14.3. The number of amides is 1. The number of rotatable bonds is 5. The Morgan fingerprint density at radius 1 is 1.24 bits per heavy atom. The Balaban J connectivity index is 1.51. The largest absolute Gasteiger partial charge is 0.390 e. The van der Waals surface area contributed by atoms with Crippen LogP contribution in [0.2, 0.25) is 0 Å². The molecule has 0 saturated heterocycles. The van der Waals surface area contributed by atoms with Crippen LogP contribution in [0.3, 0.4) is 0 Å². The standard InChI is InChI=1S/C20H23FN2O2/c1-14-5-4-8-18(19(14)21)20(25)22-11-17(24)13-23-10-9-15-6-2-3-7-16(15)12-23/h2-8,17,24H,9-13H2,1H3,(H,22,25). The number of nitrogens with one attached hydrogen (secondary N) is 1. The van der Waals surface area contributed by atoms with Gasteiger partial charge in [0.1, 0.15) is 5.82 Å². The van der Waals surface area contributed by atoms with E-state index in [1.54, 1.807) is 19.1 Å². The maximum absolute atomic E-state index is 14.0. The quantitative estimate of drug-likeness (QED) is 0.877. The molecule has 0 fully saturated rings. The molecule has 2 aromatic carbocycles. The van der Waals surface area contributed by atoms with Gasteiger partial charge < -0.3 is 10.4 Å². The maximum atomic E-state index is 14.0. The number of aliphatic hydroxyl groups is 1. The molecule has 0 aliphatic carbocycles. The lowest BCUT2D eigenvalue weighted by Crippen LogP contribution is -2.42. The van der Waals surface area contributed by atoms with Gasteiger partial charge in [0.05, 0.1) is 11.7 Å². The summed E-state index contributed by atoms with van der Waals surface area (Å²) in [5.41, 5.74) is 3.09. The van der Waals surface area contributed by atoms with E-state index in [1.165, 1.54) is 17.2 Å². The molecule has 25 heavy (non-hydrogen) atoms. The van der Waals surface area contributed by atoms with Gasteiger partial charge in [0.25, 0.3) is 5.91 Å². The van der Waals surface area contributed by atoms with E-state index in [9.17, 15) is 14.3 Å². The molecule has 2 aromatic rings. The number of halogens is 1. The Bertz CT molecular complexity index is 763. The van der Waals surface area contributed by atoms with E-state index >= 15 is 0 Å². The van der Waals surface area contributed by atoms with E-state index in [1.807, 2.05) is 12.1 Å². The summed E-state index contributed by atoms with van der Waals surface area (Å²) in [6, 6.07) is 13.0. The fraction of sp³-hybridized carbons (Fsp3) is 0.350. The summed E-state index contributed by atoms with van der Waals surface area (Å²) in [5, 5.41) is 12.8. The second-order valence-electron chi connectivity index (χ2n) is 6.55. The van der Waals surface area contributed by atoms with Gasteiger partial charge in [-0.3, -0.25) is 9.69 Å². The number of carbonyl (C=O) groups is 1. The molecule has 1 aliphatic rings. The minimum Gasteiger partial charge on any atom is -0.390 e. The molecule has 0 radical (unpaired) electrons. The Kier molecular flexibility index (Phi) is 5.46. The number of hydrogen-bond donors (Lipinski definition) is 2. The van der Waals surface area contributed by atoms with E-state index < -0.39 is 17.8 Å². The molecule has 3 rings (SSSR count). The molecule has 5 heteroatoms. The number of aliphatic hydroxyl groups excluding tert-OH is 1. The molecule has 0 saturated carbocycles. The van der Waals surface area contributed by atoms with Crippen LogP contribution in [-0.2, 0) is 13.0 Å². The fourth-order valence-corrected chi connectivity index (χ4v) is 3.20. The Hall–Kier alpha value is -2.24. The Labute approximate surface area is 147 Å². The number of nitrogens with zero attached hydrogens (tertiary/aromatic N) is 1. The summed E-state index contributed by atoms with van der Waals surface area (Å²) in [4.78, 5) is 14.3. The van der Waals surface area contributed by atoms with Crippen LogP contribution >= 0.6 is 0 Å². The Morgan fingerprint density at radius 2 is 2.00 bits per heavy atom. The summed E-state index contributed by atoms with van der Waals surface area (Å²) in [6.07, 6.45) is 0.270. The monoisotopic (exact) mass is 342 g/mol. The van der Waals surface area contributed by atoms with Gasteiger partial charge >= 0.3 is 0 Å². The van der Waals surface area contributed by atoms with Crippen molar-refractivity contribution in [3.63, 3.8) is 0 Å². The molecule has 0 aromatic heterocycles. The number of fused-ring (bicyclic) bond motifs is 1. The number of β-amino-alcohol motifs (C(OH)–C–C–N with tert-alkyl or cyclic N) is 1. The van der Waals surface area contributed by atoms with Crippen LogP contribution in [-0.4, -0.2) is 41.7 Å². The summed E-state index contributed by atoms with van der Waals surface area (Å²) < 4.78 is 14.0. The predicted molar refractivity (Wildman–Crippen MR) is 94.9 cm³/mol. The molecular weight excluding hydrogens is 319 g/mol. The lowest BCUT2D eigenvalue weighted by atomic mass is 10.00. The predicted octanol–water partition coefficient (Wildman–Crippen LogP) is 2.28. The SMILES string of the molecule is Cc1cccc(C(=O)NCC(O)CN2CCc3ccccc3C2)c1F. The van der Waals surface area contributed by atoms with Crippen molar-refractivity contribution in [2.45, 2.75) is 26.0 Å². The van der Waals surface area contributed by atoms with Crippen LogP contribution in [0.1, 0.15) is 27.0 Å². The zero-order valence-corrected chi connectivity index (χ0v) is 14.3. The maximum Gasteiger partial charge on any atom is 0.254 e. The fourth-order valence-electron chi connectivity index (χ4n) is 3.20. The molecule has 1 aliphatic heterocycles. The van der Waals surface area contributed by atoms with Crippen LogP contribution in [0.15, 0.2) is 42.5 Å². The van der Waals surface area contributed by atoms with Crippen LogP contribution < -0.4 is 5.32 Å². The summed E-state index contributed by atoms with van der Waals surface area (Å²) in [5.74, 6) is -1.01. The van der Waals surface area contributed by atoms with Gasteiger partial charge in [-0.15, -0.1) is 0 Å². The van der Waals surface area contributed by atoms with Crippen molar-refractivity contribution in [1.29, 1.82) is 0 Å². The highest BCUT2D eigenvalue weighted by Crippen LogP contribution is 2.18. The molecule has 1 amide bonds. The normalized spacial score (nSPS) is 15.5. The van der Waals surface area contributed by atoms with Crippen LogP contribution in [0, 0.1) is 12.7 Å². The lowest BCUT2D eigenvalue weighted by Gasteiger charge is -2.30. The zero-order chi connectivity index (χ0) is 17.8. The van der Waals surface area contributed by atoms with Crippen molar-refractivity contribution in [2.24, 2.45) is 0 Å². The Morgan fingerprint density at radius 3 is 2.80 bits per heavy atom. The average Bonchev–Trinajstić information content (AvgIpc) is 2.62. The second kappa shape index (κ2) is 7.76. The van der Waals surface area contributed by atoms with Gasteiger partial charge in [0.2, 0.25) is 0 Å². The smallest absolute Gasteiger partial charge is 0.254 e. The molecular formula is C20H23FN2O2. The van der Waals surface area contributed by atoms with Gasteiger partial charge in [0, 0.05) is 26.2 Å². The first-order chi connectivity index (χ1) is 12.0. The van der Waals surface area contributed by atoms with Gasteiger partial charge in [-0.1, -0.05) is 36.4 Å². The number of hydrogen-bond acceptors (Lipinski definition) is 3. The van der Waals surface area contributed by atoms with Gasteiger partial charge in [-0.05, 0) is 36.1 Å². The number of benzene rings is 2. The minimum atomic E-state index is -0.693. The first-order valence-electron chi connectivity index (χ1n) is 8.55. The van der Waals surface area contributed by atoms with Crippen molar-refractivity contribution in [3.8, 4) is 0 Å². The van der Waals surface area contributed by atoms with Crippen LogP contribution in [0.5, 0.6) is 0 Å². The minimum absolute atomic E-state index is 0.0131. The molecule has 1 unspecified atom stereocenters. The topological polar surface area (TPSA) is 52.6 Å². The highest BCUT2D eigenvalue weighted by molar-refractivity contribution is 5.94. The molecule has 1 atom stereocenters. The van der Waals surface area contributed by atoms with E-state index in [0.29, 0.717) is 12.1 Å². The lowest BCUT2D eigenvalue weighted by molar-refractivity contribution is 0.0838. The first-order valence-corrected chi connectivity index (χ1v) is 8.55. The van der Waals surface area contributed by atoms with Crippen molar-refractivity contribution in [3.05, 3.63) is 70.5 Å². The van der Waals surface area contributed by atoms with Crippen molar-refractivity contribution >= 4 is 5.91 Å². The molecule has 0 spiro atoms. The molecule has 1 heterocycles. The highest BCUT2D eigenvalue weighted by Gasteiger charge is 2.19. The van der Waals surface area contributed by atoms with Gasteiger partial charge in [-0.25, -0.2) is 4.39 Å². The average molecular weight is 342 g/mol. The van der Waals surface area contributed by atoms with E-state index in [0.717, 1.165) is 19.5 Å². The van der Waals surface area contributed by atoms with Crippen LogP contribution in [0.4, 0.5) is 4.39 Å². The summed E-state index contributed by atoms with van der Waals surface area (Å²) >= 11 is 0. The molecule has 0 bridgehead atoms. The van der Waals surface area contributed by atoms with Gasteiger partial charge in [-0.2, -0.15) is 0 Å². The van der Waals surface area contributed by atoms with Crippen LogP contribution in [0.25, 0.3) is 0 Å². The summed E-state index contributed by atoms with van der Waals surface area (Å²) in [6.45, 7) is 3.88. The molecule has 132 valence electrons. The molecule has 2 N–H and O–H groups in total. The van der Waals surface area contributed by atoms with Gasteiger partial charge in [0.15, 0.2) is 0 Å². The third kappa shape index (κ3) is 4.24. The van der Waals surface area contributed by atoms with Crippen molar-refractivity contribution in [1.82, 2.24) is 10.2 Å². The highest BCUT2D eigenvalue weighted by atomic mass is 19.1. The van der Waals surface area contributed by atoms with E-state index in [-0.39, 0.29) is 12.1 Å². The van der Waals surface area contributed by atoms with Crippen molar-refractivity contribution in [2.75, 3.05) is 19.6 Å². The number of carbonyl (C=O) groups excluding carboxylic acids is 1. The second-order valence-corrected chi connectivity index (χ2v) is 6.55.